The summed E-state index contributed by atoms with van der Waals surface area (Å²) in [6.07, 6.45) is 0. The van der Waals surface area contributed by atoms with Gasteiger partial charge in [-0.3, -0.25) is 0 Å². The summed E-state index contributed by atoms with van der Waals surface area (Å²) in [7, 11) is 1.79. The first-order valence-electron chi connectivity index (χ1n) is 5.51. The van der Waals surface area contributed by atoms with Crippen molar-refractivity contribution in [3.8, 4) is 0 Å². The van der Waals surface area contributed by atoms with Crippen LogP contribution in [0.4, 0.5) is 10.1 Å². The van der Waals surface area contributed by atoms with Gasteiger partial charge in [-0.25, -0.2) is 4.39 Å². The summed E-state index contributed by atoms with van der Waals surface area (Å²) >= 11 is 5.88. The molecule has 0 bridgehead atoms. The maximum absolute atomic E-state index is 13.6. The summed E-state index contributed by atoms with van der Waals surface area (Å²) in [4.78, 5) is 2.14. The second-order valence-electron chi connectivity index (χ2n) is 3.60. The van der Waals surface area contributed by atoms with Crippen molar-refractivity contribution in [3.05, 3.63) is 28.5 Å². The minimum Gasteiger partial charge on any atom is -0.372 e. The SMILES string of the molecule is CCN(CC)c1cc(Cl)c(F)c(CNC)c1. The molecule has 1 N–H and O–H groups in total. The highest BCUT2D eigenvalue weighted by molar-refractivity contribution is 6.31. The number of hydrogen-bond donors (Lipinski definition) is 1. The molecule has 0 saturated carbocycles. The highest BCUT2D eigenvalue weighted by atomic mass is 35.5. The molecule has 90 valence electrons. The fourth-order valence-corrected chi connectivity index (χ4v) is 1.95. The quantitative estimate of drug-likeness (QED) is 0.857. The van der Waals surface area contributed by atoms with E-state index in [1.807, 2.05) is 6.07 Å². The van der Waals surface area contributed by atoms with E-state index in [4.69, 9.17) is 11.6 Å². The van der Waals surface area contributed by atoms with Crippen LogP contribution in [0.3, 0.4) is 0 Å². The fourth-order valence-electron chi connectivity index (χ4n) is 1.72. The maximum atomic E-state index is 13.6. The molecule has 0 amide bonds. The molecular weight excluding hydrogens is 227 g/mol. The molecule has 16 heavy (non-hydrogen) atoms. The molecule has 0 aliphatic rings. The molecule has 1 aromatic rings. The lowest BCUT2D eigenvalue weighted by Crippen LogP contribution is -2.22. The zero-order valence-corrected chi connectivity index (χ0v) is 10.7. The van der Waals surface area contributed by atoms with E-state index in [-0.39, 0.29) is 10.8 Å². The number of nitrogens with one attached hydrogen (secondary N) is 1. The lowest BCUT2D eigenvalue weighted by atomic mass is 10.1. The second kappa shape index (κ2) is 6.06. The standard InChI is InChI=1S/C12H18ClFN2/c1-4-16(5-2)10-6-9(8-15-3)12(14)11(13)7-10/h6-7,15H,4-5,8H2,1-3H3. The van der Waals surface area contributed by atoms with Crippen molar-refractivity contribution in [1.82, 2.24) is 5.32 Å². The highest BCUT2D eigenvalue weighted by Crippen LogP contribution is 2.26. The predicted molar refractivity (Wildman–Crippen MR) is 67.7 cm³/mol. The van der Waals surface area contributed by atoms with Crippen molar-refractivity contribution < 1.29 is 4.39 Å². The molecule has 0 saturated heterocycles. The lowest BCUT2D eigenvalue weighted by molar-refractivity contribution is 0.601. The van der Waals surface area contributed by atoms with Gasteiger partial charge in [0.1, 0.15) is 5.82 Å². The summed E-state index contributed by atoms with van der Waals surface area (Å²) in [6.45, 7) is 6.40. The van der Waals surface area contributed by atoms with E-state index in [1.165, 1.54) is 0 Å². The topological polar surface area (TPSA) is 15.3 Å². The molecule has 0 spiro atoms. The number of hydrogen-bond acceptors (Lipinski definition) is 2. The van der Waals surface area contributed by atoms with Gasteiger partial charge in [0.05, 0.1) is 5.02 Å². The van der Waals surface area contributed by atoms with E-state index < -0.39 is 0 Å². The summed E-state index contributed by atoms with van der Waals surface area (Å²) < 4.78 is 13.6. The van der Waals surface area contributed by atoms with Crippen LogP contribution in [0, 0.1) is 5.82 Å². The average Bonchev–Trinajstić information content (AvgIpc) is 2.27. The van der Waals surface area contributed by atoms with E-state index in [0.29, 0.717) is 12.1 Å². The van der Waals surface area contributed by atoms with Crippen molar-refractivity contribution in [2.45, 2.75) is 20.4 Å². The van der Waals surface area contributed by atoms with Gasteiger partial charge in [-0.2, -0.15) is 0 Å². The number of halogens is 2. The number of rotatable bonds is 5. The Morgan fingerprint density at radius 3 is 2.44 bits per heavy atom. The molecule has 0 unspecified atom stereocenters. The Bertz CT molecular complexity index is 351. The summed E-state index contributed by atoms with van der Waals surface area (Å²) in [5, 5.41) is 3.13. The van der Waals surface area contributed by atoms with Gasteiger partial charge in [0.25, 0.3) is 0 Å². The highest BCUT2D eigenvalue weighted by Gasteiger charge is 2.11. The van der Waals surface area contributed by atoms with Gasteiger partial charge in [-0.15, -0.1) is 0 Å². The molecule has 0 aliphatic heterocycles. The summed E-state index contributed by atoms with van der Waals surface area (Å²) in [5.41, 5.74) is 1.58. The van der Waals surface area contributed by atoms with E-state index in [2.05, 4.69) is 24.1 Å². The molecule has 1 aromatic carbocycles. The Hall–Kier alpha value is -0.800. The van der Waals surface area contributed by atoms with Gasteiger partial charge in [0.2, 0.25) is 0 Å². The van der Waals surface area contributed by atoms with Crippen LogP contribution in [-0.4, -0.2) is 20.1 Å². The van der Waals surface area contributed by atoms with E-state index in [0.717, 1.165) is 18.8 Å². The fraction of sp³-hybridized carbons (Fsp3) is 0.500. The average molecular weight is 245 g/mol. The van der Waals surface area contributed by atoms with Crippen LogP contribution in [0.1, 0.15) is 19.4 Å². The van der Waals surface area contributed by atoms with Gasteiger partial charge in [0.15, 0.2) is 0 Å². The monoisotopic (exact) mass is 244 g/mol. The third kappa shape index (κ3) is 2.86. The Balaban J connectivity index is 3.12. The van der Waals surface area contributed by atoms with Crippen molar-refractivity contribution >= 4 is 17.3 Å². The van der Waals surface area contributed by atoms with Crippen molar-refractivity contribution in [2.24, 2.45) is 0 Å². The van der Waals surface area contributed by atoms with Crippen molar-refractivity contribution in [1.29, 1.82) is 0 Å². The van der Waals surface area contributed by atoms with Crippen LogP contribution in [0.5, 0.6) is 0 Å². The molecule has 0 atom stereocenters. The Morgan fingerprint density at radius 2 is 1.94 bits per heavy atom. The van der Waals surface area contributed by atoms with Crippen LogP contribution in [0.2, 0.25) is 5.02 Å². The first-order valence-corrected chi connectivity index (χ1v) is 5.89. The lowest BCUT2D eigenvalue weighted by Gasteiger charge is -2.22. The molecule has 0 aromatic heterocycles. The molecule has 0 fully saturated rings. The number of nitrogens with zero attached hydrogens (tertiary/aromatic N) is 1. The van der Waals surface area contributed by atoms with Crippen LogP contribution in [-0.2, 0) is 6.54 Å². The van der Waals surface area contributed by atoms with Crippen molar-refractivity contribution in [3.63, 3.8) is 0 Å². The van der Waals surface area contributed by atoms with Crippen LogP contribution < -0.4 is 10.2 Å². The molecule has 0 aliphatic carbocycles. The van der Waals surface area contributed by atoms with Crippen LogP contribution in [0.15, 0.2) is 12.1 Å². The van der Waals surface area contributed by atoms with Crippen LogP contribution >= 0.6 is 11.6 Å². The number of anilines is 1. The summed E-state index contributed by atoms with van der Waals surface area (Å²) in [5.74, 6) is -0.327. The minimum atomic E-state index is -0.327. The largest absolute Gasteiger partial charge is 0.372 e. The predicted octanol–water partition coefficient (Wildman–Crippen LogP) is 3.04. The second-order valence-corrected chi connectivity index (χ2v) is 4.01. The molecule has 0 heterocycles. The molecule has 4 heteroatoms. The normalized spacial score (nSPS) is 10.6. The first-order chi connectivity index (χ1) is 7.63. The zero-order valence-electron chi connectivity index (χ0n) is 9.98. The van der Waals surface area contributed by atoms with Gasteiger partial charge in [0, 0.05) is 30.9 Å². The van der Waals surface area contributed by atoms with E-state index in [1.54, 1.807) is 13.1 Å². The molecule has 2 nitrogen and oxygen atoms in total. The van der Waals surface area contributed by atoms with Gasteiger partial charge < -0.3 is 10.2 Å². The minimum absolute atomic E-state index is 0.189. The smallest absolute Gasteiger partial charge is 0.146 e. The van der Waals surface area contributed by atoms with E-state index in [9.17, 15) is 4.39 Å². The van der Waals surface area contributed by atoms with E-state index >= 15 is 0 Å². The Labute approximate surface area is 101 Å². The maximum Gasteiger partial charge on any atom is 0.146 e. The first kappa shape index (κ1) is 13.3. The molecule has 0 radical (unpaired) electrons. The third-order valence-corrected chi connectivity index (χ3v) is 2.86. The van der Waals surface area contributed by atoms with Gasteiger partial charge >= 0.3 is 0 Å². The Kier molecular flexibility index (Phi) is 5.03. The van der Waals surface area contributed by atoms with Crippen molar-refractivity contribution in [2.75, 3.05) is 25.0 Å². The third-order valence-electron chi connectivity index (χ3n) is 2.58. The van der Waals surface area contributed by atoms with Crippen LogP contribution in [0.25, 0.3) is 0 Å². The van der Waals surface area contributed by atoms with Gasteiger partial charge in [-0.1, -0.05) is 11.6 Å². The number of benzene rings is 1. The molecular formula is C12H18ClFN2. The Morgan fingerprint density at radius 1 is 1.31 bits per heavy atom. The summed E-state index contributed by atoms with van der Waals surface area (Å²) in [6, 6.07) is 3.54. The molecule has 1 rings (SSSR count). The zero-order chi connectivity index (χ0) is 12.1. The van der Waals surface area contributed by atoms with Gasteiger partial charge in [-0.05, 0) is 33.0 Å².